The minimum Gasteiger partial charge on any atom is -0.480 e. The van der Waals surface area contributed by atoms with Crippen molar-refractivity contribution in [2.24, 2.45) is 0 Å². The zero-order chi connectivity index (χ0) is 13.8. The maximum Gasteiger partial charge on any atom is 0.323 e. The molecule has 1 aliphatic rings. The van der Waals surface area contributed by atoms with Gasteiger partial charge in [0, 0.05) is 12.6 Å². The van der Waals surface area contributed by atoms with Crippen molar-refractivity contribution in [1.29, 1.82) is 0 Å². The van der Waals surface area contributed by atoms with E-state index < -0.39 is 11.5 Å². The molecule has 1 saturated heterocycles. The van der Waals surface area contributed by atoms with Crippen molar-refractivity contribution in [3.63, 3.8) is 0 Å². The molecule has 104 valence electrons. The van der Waals surface area contributed by atoms with E-state index >= 15 is 0 Å². The first kappa shape index (κ1) is 15.0. The lowest BCUT2D eigenvalue weighted by Crippen LogP contribution is -2.53. The molecule has 1 rings (SSSR count). The maximum absolute atomic E-state index is 12.1. The molecule has 5 heteroatoms. The van der Waals surface area contributed by atoms with Gasteiger partial charge in [0.25, 0.3) is 0 Å². The normalized spacial score (nSPS) is 20.8. The van der Waals surface area contributed by atoms with E-state index in [4.69, 9.17) is 5.11 Å². The van der Waals surface area contributed by atoms with Gasteiger partial charge in [-0.1, -0.05) is 6.92 Å². The fourth-order valence-electron chi connectivity index (χ4n) is 2.23. The number of likely N-dealkylation sites (tertiary alicyclic amines) is 1. The van der Waals surface area contributed by atoms with Crippen LogP contribution < -0.4 is 5.32 Å². The Morgan fingerprint density at radius 3 is 2.61 bits per heavy atom. The van der Waals surface area contributed by atoms with E-state index in [9.17, 15) is 9.59 Å². The van der Waals surface area contributed by atoms with Crippen LogP contribution in [0.3, 0.4) is 0 Å². The first-order chi connectivity index (χ1) is 8.38. The Bertz CT molecular complexity index is 315. The van der Waals surface area contributed by atoms with Gasteiger partial charge in [0.05, 0.1) is 6.54 Å². The third-order valence-corrected chi connectivity index (χ3v) is 3.63. The zero-order valence-electron chi connectivity index (χ0n) is 11.5. The van der Waals surface area contributed by atoms with Gasteiger partial charge in [-0.05, 0) is 39.5 Å². The average Bonchev–Trinajstić information content (AvgIpc) is 2.35. The molecule has 0 bridgehead atoms. The molecule has 1 atom stereocenters. The van der Waals surface area contributed by atoms with Crippen LogP contribution in [0.25, 0.3) is 0 Å². The molecule has 18 heavy (non-hydrogen) atoms. The number of hydrogen-bond donors (Lipinski definition) is 2. The van der Waals surface area contributed by atoms with Gasteiger partial charge in [0.2, 0.25) is 5.91 Å². The summed E-state index contributed by atoms with van der Waals surface area (Å²) in [6.07, 6.45) is 4.25. The first-order valence-corrected chi connectivity index (χ1v) is 6.66. The highest BCUT2D eigenvalue weighted by Gasteiger charge is 2.30. The molecule has 1 aliphatic heterocycles. The average molecular weight is 256 g/mol. The first-order valence-electron chi connectivity index (χ1n) is 6.66. The minimum absolute atomic E-state index is 0.0101. The molecule has 0 aromatic heterocycles. The fraction of sp³-hybridized carbons (Fsp3) is 0.846. The Kier molecular flexibility index (Phi) is 5.14. The van der Waals surface area contributed by atoms with E-state index in [1.807, 2.05) is 4.90 Å². The lowest BCUT2D eigenvalue weighted by atomic mass is 10.00. The smallest absolute Gasteiger partial charge is 0.323 e. The standard InChI is InChI=1S/C13H24N2O3/c1-4-10-7-5-6-8-15(10)11(16)9-14-13(2,3)12(17)18/h10,14H,4-9H2,1-3H3,(H,17,18). The molecule has 0 aliphatic carbocycles. The number of carboxylic acid groups (broad SMARTS) is 1. The van der Waals surface area contributed by atoms with Crippen molar-refractivity contribution in [3.8, 4) is 0 Å². The number of nitrogens with one attached hydrogen (secondary N) is 1. The summed E-state index contributed by atoms with van der Waals surface area (Å²) in [6.45, 7) is 6.11. The molecular weight excluding hydrogens is 232 g/mol. The minimum atomic E-state index is -1.06. The van der Waals surface area contributed by atoms with Crippen LogP contribution in [0.5, 0.6) is 0 Å². The highest BCUT2D eigenvalue weighted by molar-refractivity contribution is 5.81. The number of nitrogens with zero attached hydrogens (tertiary/aromatic N) is 1. The summed E-state index contributed by atoms with van der Waals surface area (Å²) >= 11 is 0. The van der Waals surface area contributed by atoms with Crippen molar-refractivity contribution >= 4 is 11.9 Å². The number of hydrogen-bond acceptors (Lipinski definition) is 3. The predicted octanol–water partition coefficient (Wildman–Crippen LogP) is 1.23. The third kappa shape index (κ3) is 3.70. The quantitative estimate of drug-likeness (QED) is 0.776. The van der Waals surface area contributed by atoms with Crippen molar-refractivity contribution < 1.29 is 14.7 Å². The number of carboxylic acids is 1. The molecule has 5 nitrogen and oxygen atoms in total. The number of piperidine rings is 1. The molecule has 1 heterocycles. The third-order valence-electron chi connectivity index (χ3n) is 3.63. The van der Waals surface area contributed by atoms with Gasteiger partial charge in [-0.15, -0.1) is 0 Å². The number of carbonyl (C=O) groups is 2. The Hall–Kier alpha value is -1.10. The molecule has 1 unspecified atom stereocenters. The Morgan fingerprint density at radius 2 is 2.06 bits per heavy atom. The SMILES string of the molecule is CCC1CCCCN1C(=O)CNC(C)(C)C(=O)O. The predicted molar refractivity (Wildman–Crippen MR) is 69.4 cm³/mol. The highest BCUT2D eigenvalue weighted by Crippen LogP contribution is 2.19. The van der Waals surface area contributed by atoms with Crippen LogP contribution in [0.1, 0.15) is 46.5 Å². The lowest BCUT2D eigenvalue weighted by Gasteiger charge is -2.36. The lowest BCUT2D eigenvalue weighted by molar-refractivity contribution is -0.144. The molecule has 0 aromatic rings. The van der Waals surface area contributed by atoms with Gasteiger partial charge in [-0.3, -0.25) is 14.9 Å². The summed E-state index contributed by atoms with van der Waals surface area (Å²) < 4.78 is 0. The van der Waals surface area contributed by atoms with Crippen LogP contribution >= 0.6 is 0 Å². The molecule has 1 fully saturated rings. The Labute approximate surface area is 109 Å². The van der Waals surface area contributed by atoms with Crippen LogP contribution in [0, 0.1) is 0 Å². The molecule has 0 saturated carbocycles. The van der Waals surface area contributed by atoms with E-state index in [0.29, 0.717) is 6.04 Å². The van der Waals surface area contributed by atoms with Crippen molar-refractivity contribution in [1.82, 2.24) is 10.2 Å². The second kappa shape index (κ2) is 6.18. The molecule has 1 amide bonds. The molecule has 0 spiro atoms. The Morgan fingerprint density at radius 1 is 1.39 bits per heavy atom. The van der Waals surface area contributed by atoms with Crippen LogP contribution in [-0.4, -0.2) is 46.6 Å². The molecule has 0 radical (unpaired) electrons. The number of amides is 1. The number of carbonyl (C=O) groups excluding carboxylic acids is 1. The van der Waals surface area contributed by atoms with Crippen LogP contribution in [-0.2, 0) is 9.59 Å². The zero-order valence-corrected chi connectivity index (χ0v) is 11.5. The molecular formula is C13H24N2O3. The van der Waals surface area contributed by atoms with Gasteiger partial charge in [-0.2, -0.15) is 0 Å². The van der Waals surface area contributed by atoms with Crippen molar-refractivity contribution in [2.75, 3.05) is 13.1 Å². The van der Waals surface area contributed by atoms with Gasteiger partial charge in [0.15, 0.2) is 0 Å². The fourth-order valence-corrected chi connectivity index (χ4v) is 2.23. The summed E-state index contributed by atoms with van der Waals surface area (Å²) in [5.74, 6) is -0.933. The summed E-state index contributed by atoms with van der Waals surface area (Å²) in [7, 11) is 0. The van der Waals surface area contributed by atoms with E-state index in [1.165, 1.54) is 6.42 Å². The molecule has 0 aromatic carbocycles. The van der Waals surface area contributed by atoms with E-state index in [-0.39, 0.29) is 12.5 Å². The number of aliphatic carboxylic acids is 1. The van der Waals surface area contributed by atoms with Gasteiger partial charge < -0.3 is 10.0 Å². The Balaban J connectivity index is 2.51. The monoisotopic (exact) mass is 256 g/mol. The maximum atomic E-state index is 12.1. The van der Waals surface area contributed by atoms with E-state index in [2.05, 4.69) is 12.2 Å². The van der Waals surface area contributed by atoms with E-state index in [0.717, 1.165) is 25.8 Å². The van der Waals surface area contributed by atoms with Crippen LogP contribution in [0.4, 0.5) is 0 Å². The van der Waals surface area contributed by atoms with Gasteiger partial charge >= 0.3 is 5.97 Å². The topological polar surface area (TPSA) is 69.6 Å². The highest BCUT2D eigenvalue weighted by atomic mass is 16.4. The van der Waals surface area contributed by atoms with Gasteiger partial charge in [0.1, 0.15) is 5.54 Å². The second-order valence-corrected chi connectivity index (χ2v) is 5.43. The van der Waals surface area contributed by atoms with Crippen molar-refractivity contribution in [2.45, 2.75) is 58.0 Å². The van der Waals surface area contributed by atoms with Crippen molar-refractivity contribution in [3.05, 3.63) is 0 Å². The van der Waals surface area contributed by atoms with Gasteiger partial charge in [-0.25, -0.2) is 0 Å². The summed E-state index contributed by atoms with van der Waals surface area (Å²) in [4.78, 5) is 24.9. The number of rotatable bonds is 5. The largest absolute Gasteiger partial charge is 0.480 e. The van der Waals surface area contributed by atoms with Crippen LogP contribution in [0.2, 0.25) is 0 Å². The van der Waals surface area contributed by atoms with Crippen LogP contribution in [0.15, 0.2) is 0 Å². The summed E-state index contributed by atoms with van der Waals surface area (Å²) in [6, 6.07) is 0.320. The molecule has 2 N–H and O–H groups in total. The summed E-state index contributed by atoms with van der Waals surface area (Å²) in [5, 5.41) is 11.8. The van der Waals surface area contributed by atoms with E-state index in [1.54, 1.807) is 13.8 Å². The summed E-state index contributed by atoms with van der Waals surface area (Å²) in [5.41, 5.74) is -1.06. The second-order valence-electron chi connectivity index (χ2n) is 5.43.